The zero-order valence-corrected chi connectivity index (χ0v) is 14.4. The van der Waals surface area contributed by atoms with Crippen molar-refractivity contribution in [1.82, 2.24) is 0 Å². The van der Waals surface area contributed by atoms with Crippen molar-refractivity contribution in [3.05, 3.63) is 102 Å². The van der Waals surface area contributed by atoms with E-state index in [9.17, 15) is 14.0 Å². The predicted molar refractivity (Wildman–Crippen MR) is 99.5 cm³/mol. The van der Waals surface area contributed by atoms with Gasteiger partial charge in [0, 0.05) is 5.41 Å². The maximum absolute atomic E-state index is 14.2. The maximum atomic E-state index is 14.2. The summed E-state index contributed by atoms with van der Waals surface area (Å²) in [6.07, 6.45) is 0. The molecule has 1 saturated carbocycles. The summed E-state index contributed by atoms with van der Waals surface area (Å²) < 4.78 is 14.2. The molecular formula is C23H16FNO2. The van der Waals surface area contributed by atoms with E-state index in [1.807, 2.05) is 60.7 Å². The second-order valence-electron chi connectivity index (χ2n) is 7.02. The number of para-hydroxylation sites is 1. The molecule has 0 N–H and O–H groups in total. The summed E-state index contributed by atoms with van der Waals surface area (Å²) in [5.41, 5.74) is 1.26. The van der Waals surface area contributed by atoms with Crippen LogP contribution in [0.4, 0.5) is 10.1 Å². The Kier molecular flexibility index (Phi) is 3.31. The molecule has 4 heteroatoms. The summed E-state index contributed by atoms with van der Waals surface area (Å²) in [6.45, 7) is 0. The average molecular weight is 357 g/mol. The van der Waals surface area contributed by atoms with Gasteiger partial charge < -0.3 is 0 Å². The van der Waals surface area contributed by atoms with Crippen LogP contribution in [0.1, 0.15) is 11.1 Å². The number of hydrogen-bond donors (Lipinski definition) is 0. The molecule has 0 unspecified atom stereocenters. The van der Waals surface area contributed by atoms with E-state index in [0.29, 0.717) is 0 Å². The molecule has 132 valence electrons. The van der Waals surface area contributed by atoms with Crippen molar-refractivity contribution in [3.63, 3.8) is 0 Å². The second kappa shape index (κ2) is 5.61. The number of fused-ring (bicyclic) bond motifs is 1. The number of hydrogen-bond acceptors (Lipinski definition) is 2. The molecule has 1 aliphatic heterocycles. The van der Waals surface area contributed by atoms with Crippen molar-refractivity contribution >= 4 is 17.5 Å². The molecule has 2 aliphatic rings. The number of carbonyl (C=O) groups excluding carboxylic acids is 2. The van der Waals surface area contributed by atoms with Crippen LogP contribution in [0, 0.1) is 17.7 Å². The van der Waals surface area contributed by atoms with Gasteiger partial charge in [0.2, 0.25) is 11.8 Å². The number of benzene rings is 3. The third-order valence-electron chi connectivity index (χ3n) is 5.77. The maximum Gasteiger partial charge on any atom is 0.239 e. The Balaban J connectivity index is 1.64. The van der Waals surface area contributed by atoms with Crippen LogP contribution < -0.4 is 4.90 Å². The standard InChI is InChI=1S/C23H16FNO2/c24-17-13-7-8-14-18(17)25-21(26)19-20(22(25)27)23(19,15-9-3-1-4-10-15)16-11-5-2-6-12-16/h1-14,19-20H/t19-,20+. The van der Waals surface area contributed by atoms with Crippen LogP contribution in [0.25, 0.3) is 0 Å². The highest BCUT2D eigenvalue weighted by Gasteiger charge is 2.78. The number of imide groups is 1. The fourth-order valence-electron chi connectivity index (χ4n) is 4.63. The zero-order valence-electron chi connectivity index (χ0n) is 14.4. The highest BCUT2D eigenvalue weighted by atomic mass is 19.1. The Labute approximate surface area is 156 Å². The van der Waals surface area contributed by atoms with E-state index in [-0.39, 0.29) is 17.5 Å². The summed E-state index contributed by atoms with van der Waals surface area (Å²) in [7, 11) is 0. The topological polar surface area (TPSA) is 37.4 Å². The molecule has 2 amide bonds. The monoisotopic (exact) mass is 357 g/mol. The van der Waals surface area contributed by atoms with E-state index in [0.717, 1.165) is 16.0 Å². The smallest absolute Gasteiger partial charge is 0.239 e. The number of nitrogens with zero attached hydrogens (tertiary/aromatic N) is 1. The molecule has 5 rings (SSSR count). The lowest BCUT2D eigenvalue weighted by molar-refractivity contribution is -0.124. The summed E-state index contributed by atoms with van der Waals surface area (Å²) in [5, 5.41) is 0. The number of carbonyl (C=O) groups is 2. The minimum Gasteiger partial charge on any atom is -0.274 e. The van der Waals surface area contributed by atoms with Gasteiger partial charge in [0.25, 0.3) is 0 Å². The molecule has 0 spiro atoms. The Morgan fingerprint density at radius 1 is 0.667 bits per heavy atom. The van der Waals surface area contributed by atoms with Crippen molar-refractivity contribution < 1.29 is 14.0 Å². The molecule has 27 heavy (non-hydrogen) atoms. The van der Waals surface area contributed by atoms with Gasteiger partial charge in [0.15, 0.2) is 0 Å². The van der Waals surface area contributed by atoms with E-state index < -0.39 is 23.1 Å². The molecule has 1 saturated heterocycles. The predicted octanol–water partition coefficient (Wildman–Crippen LogP) is 3.93. The molecule has 1 aliphatic carbocycles. The summed E-state index contributed by atoms with van der Waals surface area (Å²) >= 11 is 0. The van der Waals surface area contributed by atoms with Gasteiger partial charge in [-0.25, -0.2) is 9.29 Å². The van der Waals surface area contributed by atoms with Crippen LogP contribution >= 0.6 is 0 Å². The van der Waals surface area contributed by atoms with Crippen LogP contribution in [0.15, 0.2) is 84.9 Å². The van der Waals surface area contributed by atoms with Crippen LogP contribution in [-0.2, 0) is 15.0 Å². The van der Waals surface area contributed by atoms with Gasteiger partial charge in [0.1, 0.15) is 5.82 Å². The highest BCUT2D eigenvalue weighted by Crippen LogP contribution is 2.68. The molecule has 1 heterocycles. The average Bonchev–Trinajstić information content (AvgIpc) is 3.35. The Bertz CT molecular complexity index is 985. The minimum absolute atomic E-state index is 0.0368. The van der Waals surface area contributed by atoms with E-state index in [1.165, 1.54) is 12.1 Å². The first-order valence-corrected chi connectivity index (χ1v) is 8.90. The van der Waals surface area contributed by atoms with E-state index in [2.05, 4.69) is 0 Å². The first kappa shape index (κ1) is 15.9. The lowest BCUT2D eigenvalue weighted by atomic mass is 9.83. The van der Waals surface area contributed by atoms with Crippen molar-refractivity contribution in [2.45, 2.75) is 5.41 Å². The van der Waals surface area contributed by atoms with Crippen LogP contribution in [0.2, 0.25) is 0 Å². The Hall–Kier alpha value is -3.27. The molecule has 3 aromatic rings. The van der Waals surface area contributed by atoms with Gasteiger partial charge in [0.05, 0.1) is 17.5 Å². The van der Waals surface area contributed by atoms with Gasteiger partial charge >= 0.3 is 0 Å². The lowest BCUT2D eigenvalue weighted by Crippen LogP contribution is -2.39. The van der Waals surface area contributed by atoms with Crippen LogP contribution in [-0.4, -0.2) is 11.8 Å². The number of rotatable bonds is 3. The first-order valence-electron chi connectivity index (χ1n) is 8.90. The second-order valence-corrected chi connectivity index (χ2v) is 7.02. The first-order chi connectivity index (χ1) is 13.2. The van der Waals surface area contributed by atoms with Gasteiger partial charge in [-0.3, -0.25) is 9.59 Å². The largest absolute Gasteiger partial charge is 0.274 e. The molecule has 0 radical (unpaired) electrons. The third kappa shape index (κ3) is 2.01. The van der Waals surface area contributed by atoms with Crippen molar-refractivity contribution in [2.24, 2.45) is 11.8 Å². The lowest BCUT2D eigenvalue weighted by Gasteiger charge is -2.26. The fraction of sp³-hybridized carbons (Fsp3) is 0.130. The van der Waals surface area contributed by atoms with E-state index >= 15 is 0 Å². The summed E-state index contributed by atoms with van der Waals surface area (Å²) in [4.78, 5) is 27.4. The Morgan fingerprint density at radius 3 is 1.59 bits per heavy atom. The molecule has 3 aromatic carbocycles. The molecule has 2 fully saturated rings. The molecule has 0 bridgehead atoms. The van der Waals surface area contributed by atoms with Crippen molar-refractivity contribution in [2.75, 3.05) is 4.90 Å². The third-order valence-corrected chi connectivity index (χ3v) is 5.77. The highest BCUT2D eigenvalue weighted by molar-refractivity contribution is 6.27. The van der Waals surface area contributed by atoms with Gasteiger partial charge in [-0.2, -0.15) is 0 Å². The summed E-state index contributed by atoms with van der Waals surface area (Å²) in [5.74, 6) is -2.24. The quantitative estimate of drug-likeness (QED) is 0.666. The van der Waals surface area contributed by atoms with Crippen molar-refractivity contribution in [3.8, 4) is 0 Å². The molecule has 3 nitrogen and oxygen atoms in total. The van der Waals surface area contributed by atoms with Gasteiger partial charge in [-0.05, 0) is 23.3 Å². The Morgan fingerprint density at radius 2 is 1.11 bits per heavy atom. The zero-order chi connectivity index (χ0) is 18.6. The van der Waals surface area contributed by atoms with Crippen LogP contribution in [0.3, 0.4) is 0 Å². The van der Waals surface area contributed by atoms with Gasteiger partial charge in [-0.1, -0.05) is 72.8 Å². The molecule has 2 atom stereocenters. The number of anilines is 1. The number of amides is 2. The number of piperidine rings is 1. The fourth-order valence-corrected chi connectivity index (χ4v) is 4.63. The molecule has 0 aromatic heterocycles. The number of halogens is 1. The minimum atomic E-state index is -0.668. The van der Waals surface area contributed by atoms with Crippen LogP contribution in [0.5, 0.6) is 0 Å². The van der Waals surface area contributed by atoms with E-state index in [4.69, 9.17) is 0 Å². The van der Waals surface area contributed by atoms with Gasteiger partial charge in [-0.15, -0.1) is 0 Å². The SMILES string of the molecule is O=C1[C@@H]2[C@H](C(=O)N1c1ccccc1F)C2(c1ccccc1)c1ccccc1. The van der Waals surface area contributed by atoms with E-state index in [1.54, 1.807) is 12.1 Å². The normalized spacial score (nSPS) is 22.6. The van der Waals surface area contributed by atoms with Crippen molar-refractivity contribution in [1.29, 1.82) is 0 Å². The summed E-state index contributed by atoms with van der Waals surface area (Å²) in [6, 6.07) is 25.2. The molecular weight excluding hydrogens is 341 g/mol.